The molecule has 1 aliphatic rings. The van der Waals surface area contributed by atoms with E-state index in [4.69, 9.17) is 0 Å². The minimum absolute atomic E-state index is 0.517. The summed E-state index contributed by atoms with van der Waals surface area (Å²) in [5.74, 6) is 0.859. The number of hydrogen-bond donors (Lipinski definition) is 1. The van der Waals surface area contributed by atoms with Gasteiger partial charge in [0.15, 0.2) is 0 Å². The molecule has 1 nitrogen and oxygen atoms in total. The van der Waals surface area contributed by atoms with Crippen LogP contribution >= 0.6 is 0 Å². The van der Waals surface area contributed by atoms with Gasteiger partial charge in [-0.05, 0) is 36.1 Å². The normalized spacial score (nSPS) is 23.0. The van der Waals surface area contributed by atoms with E-state index in [9.17, 15) is 0 Å². The van der Waals surface area contributed by atoms with Crippen molar-refractivity contribution in [3.05, 3.63) is 0 Å². The monoisotopic (exact) mass is 253 g/mol. The summed E-state index contributed by atoms with van der Waals surface area (Å²) in [7, 11) is 0. The second-order valence-electron chi connectivity index (χ2n) is 7.33. The van der Waals surface area contributed by atoms with Crippen molar-refractivity contribution in [1.82, 2.24) is 5.32 Å². The highest BCUT2D eigenvalue weighted by Crippen LogP contribution is 2.70. The molecule has 18 heavy (non-hydrogen) atoms. The summed E-state index contributed by atoms with van der Waals surface area (Å²) < 4.78 is 0. The molecule has 0 saturated heterocycles. The first-order valence-corrected chi connectivity index (χ1v) is 8.13. The van der Waals surface area contributed by atoms with E-state index >= 15 is 0 Å². The second kappa shape index (κ2) is 6.41. The van der Waals surface area contributed by atoms with Crippen LogP contribution in [0.15, 0.2) is 0 Å². The number of hydrogen-bond acceptors (Lipinski definition) is 1. The fourth-order valence-electron chi connectivity index (χ4n) is 3.76. The Morgan fingerprint density at radius 3 is 1.94 bits per heavy atom. The van der Waals surface area contributed by atoms with Gasteiger partial charge in [-0.3, -0.25) is 0 Å². The molecular weight excluding hydrogens is 218 g/mol. The molecule has 1 N–H and O–H groups in total. The van der Waals surface area contributed by atoms with Crippen molar-refractivity contribution in [2.24, 2.45) is 16.7 Å². The molecule has 0 aliphatic heterocycles. The van der Waals surface area contributed by atoms with Gasteiger partial charge in [-0.2, -0.15) is 0 Å². The van der Waals surface area contributed by atoms with Crippen LogP contribution in [0.25, 0.3) is 0 Å². The lowest BCUT2D eigenvalue weighted by atomic mass is 9.97. The Kier molecular flexibility index (Phi) is 5.70. The Hall–Kier alpha value is -0.0400. The van der Waals surface area contributed by atoms with Crippen LogP contribution in [0, 0.1) is 16.7 Å². The second-order valence-corrected chi connectivity index (χ2v) is 7.33. The molecule has 1 unspecified atom stereocenters. The summed E-state index contributed by atoms with van der Waals surface area (Å²) in [6.45, 7) is 15.5. The third-order valence-electron chi connectivity index (χ3n) is 5.56. The van der Waals surface area contributed by atoms with Gasteiger partial charge < -0.3 is 5.32 Å². The molecular formula is C17H35N. The van der Waals surface area contributed by atoms with Gasteiger partial charge in [-0.1, -0.05) is 67.2 Å². The van der Waals surface area contributed by atoms with Gasteiger partial charge in [-0.25, -0.2) is 0 Å². The SMILES string of the molecule is CCCCCCC(NCCC)C1C(C)(C)C1(C)C. The largest absolute Gasteiger partial charge is 0.314 e. The number of unbranched alkanes of at least 4 members (excludes halogenated alkanes) is 3. The molecule has 108 valence electrons. The summed E-state index contributed by atoms with van der Waals surface area (Å²) in [6.07, 6.45) is 8.17. The third-order valence-corrected chi connectivity index (χ3v) is 5.56. The zero-order valence-electron chi connectivity index (χ0n) is 13.6. The number of nitrogens with one attached hydrogen (secondary N) is 1. The van der Waals surface area contributed by atoms with Gasteiger partial charge in [-0.15, -0.1) is 0 Å². The predicted molar refractivity (Wildman–Crippen MR) is 81.9 cm³/mol. The quantitative estimate of drug-likeness (QED) is 0.570. The van der Waals surface area contributed by atoms with Gasteiger partial charge in [0.25, 0.3) is 0 Å². The summed E-state index contributed by atoms with van der Waals surface area (Å²) in [5.41, 5.74) is 1.03. The average Bonchev–Trinajstić information content (AvgIpc) is 2.70. The van der Waals surface area contributed by atoms with Crippen LogP contribution in [-0.2, 0) is 0 Å². The van der Waals surface area contributed by atoms with E-state index in [-0.39, 0.29) is 0 Å². The fourth-order valence-corrected chi connectivity index (χ4v) is 3.76. The summed E-state index contributed by atoms with van der Waals surface area (Å²) >= 11 is 0. The third kappa shape index (κ3) is 3.29. The van der Waals surface area contributed by atoms with Crippen molar-refractivity contribution in [1.29, 1.82) is 0 Å². The van der Waals surface area contributed by atoms with E-state index < -0.39 is 0 Å². The van der Waals surface area contributed by atoms with Crippen molar-refractivity contribution in [3.63, 3.8) is 0 Å². The maximum atomic E-state index is 3.82. The molecule has 0 aromatic carbocycles. The lowest BCUT2D eigenvalue weighted by molar-refractivity contribution is 0.365. The van der Waals surface area contributed by atoms with E-state index in [1.54, 1.807) is 0 Å². The van der Waals surface area contributed by atoms with Crippen molar-refractivity contribution in [2.75, 3.05) is 6.54 Å². The molecule has 1 atom stereocenters. The molecule has 0 heterocycles. The highest BCUT2D eigenvalue weighted by Gasteiger charge is 2.66. The smallest absolute Gasteiger partial charge is 0.0106 e. The fraction of sp³-hybridized carbons (Fsp3) is 1.00. The van der Waals surface area contributed by atoms with Crippen LogP contribution in [0.4, 0.5) is 0 Å². The zero-order valence-corrected chi connectivity index (χ0v) is 13.6. The molecule has 1 saturated carbocycles. The highest BCUT2D eigenvalue weighted by molar-refractivity contribution is 5.16. The van der Waals surface area contributed by atoms with E-state index in [1.807, 2.05) is 0 Å². The lowest BCUT2D eigenvalue weighted by Gasteiger charge is -2.21. The first-order chi connectivity index (χ1) is 8.39. The topological polar surface area (TPSA) is 12.0 Å². The molecule has 0 aromatic rings. The van der Waals surface area contributed by atoms with Crippen LogP contribution in [0.1, 0.15) is 80.1 Å². The average molecular weight is 253 g/mol. The summed E-state index contributed by atoms with van der Waals surface area (Å²) in [4.78, 5) is 0. The van der Waals surface area contributed by atoms with Gasteiger partial charge in [0.1, 0.15) is 0 Å². The maximum Gasteiger partial charge on any atom is 0.0106 e. The van der Waals surface area contributed by atoms with Gasteiger partial charge in [0.05, 0.1) is 0 Å². The molecule has 1 fully saturated rings. The Bertz CT molecular complexity index is 228. The molecule has 0 spiro atoms. The van der Waals surface area contributed by atoms with Crippen molar-refractivity contribution in [2.45, 2.75) is 86.1 Å². The summed E-state index contributed by atoms with van der Waals surface area (Å²) in [6, 6.07) is 0.742. The Morgan fingerprint density at radius 2 is 1.50 bits per heavy atom. The molecule has 1 rings (SSSR count). The minimum Gasteiger partial charge on any atom is -0.314 e. The summed E-state index contributed by atoms with van der Waals surface area (Å²) in [5, 5.41) is 3.82. The molecule has 0 amide bonds. The predicted octanol–water partition coefficient (Wildman–Crippen LogP) is 5.01. The van der Waals surface area contributed by atoms with E-state index in [0.29, 0.717) is 10.8 Å². The number of rotatable bonds is 9. The van der Waals surface area contributed by atoms with Crippen LogP contribution in [-0.4, -0.2) is 12.6 Å². The maximum absolute atomic E-state index is 3.82. The first kappa shape index (κ1) is 16.0. The van der Waals surface area contributed by atoms with Crippen molar-refractivity contribution in [3.8, 4) is 0 Å². The van der Waals surface area contributed by atoms with E-state index in [1.165, 1.54) is 45.1 Å². The van der Waals surface area contributed by atoms with Crippen molar-refractivity contribution < 1.29 is 0 Å². The molecule has 0 bridgehead atoms. The molecule has 1 heteroatoms. The van der Waals surface area contributed by atoms with Gasteiger partial charge >= 0.3 is 0 Å². The highest BCUT2D eigenvalue weighted by atomic mass is 15.0. The van der Waals surface area contributed by atoms with Crippen LogP contribution in [0.2, 0.25) is 0 Å². The standard InChI is InChI=1S/C17H35N/c1-7-9-10-11-12-14(18-13-8-2)15-16(3,4)17(15,5)6/h14-15,18H,7-13H2,1-6H3. The van der Waals surface area contributed by atoms with Crippen LogP contribution in [0.5, 0.6) is 0 Å². The van der Waals surface area contributed by atoms with Crippen LogP contribution < -0.4 is 5.32 Å². The Balaban J connectivity index is 2.47. The first-order valence-electron chi connectivity index (χ1n) is 8.13. The Morgan fingerprint density at radius 1 is 0.889 bits per heavy atom. The molecule has 0 radical (unpaired) electrons. The van der Waals surface area contributed by atoms with Gasteiger partial charge in [0, 0.05) is 6.04 Å². The zero-order chi connectivity index (χ0) is 13.8. The van der Waals surface area contributed by atoms with Crippen molar-refractivity contribution >= 4 is 0 Å². The lowest BCUT2D eigenvalue weighted by Crippen LogP contribution is -2.34. The van der Waals surface area contributed by atoms with E-state index in [2.05, 4.69) is 46.9 Å². The van der Waals surface area contributed by atoms with Crippen LogP contribution in [0.3, 0.4) is 0 Å². The minimum atomic E-state index is 0.517. The van der Waals surface area contributed by atoms with E-state index in [0.717, 1.165) is 12.0 Å². The Labute approximate surface area is 115 Å². The van der Waals surface area contributed by atoms with Gasteiger partial charge in [0.2, 0.25) is 0 Å². The molecule has 0 aromatic heterocycles. The molecule has 1 aliphatic carbocycles.